The molecule has 1 aliphatic rings. The maximum absolute atomic E-state index is 12.7. The van der Waals surface area contributed by atoms with E-state index in [9.17, 15) is 14.4 Å². The number of rotatable bonds is 2. The number of aromatic amines is 1. The zero-order valence-corrected chi connectivity index (χ0v) is 14.2. The molecule has 8 nitrogen and oxygen atoms in total. The molecule has 0 aliphatic carbocycles. The third-order valence-corrected chi connectivity index (χ3v) is 4.28. The molecule has 1 aromatic heterocycles. The molecule has 1 atom stereocenters. The van der Waals surface area contributed by atoms with Crippen LogP contribution in [-0.2, 0) is 9.59 Å². The molecule has 2 aromatic rings. The van der Waals surface area contributed by atoms with Crippen LogP contribution in [0.25, 0.3) is 11.3 Å². The highest BCUT2D eigenvalue weighted by Gasteiger charge is 2.26. The highest BCUT2D eigenvalue weighted by atomic mass is 16.5. The van der Waals surface area contributed by atoms with E-state index >= 15 is 0 Å². The Morgan fingerprint density at radius 3 is 2.88 bits per heavy atom. The molecule has 0 unspecified atom stereocenters. The molecule has 8 heteroatoms. The second-order valence-corrected chi connectivity index (χ2v) is 6.14. The van der Waals surface area contributed by atoms with E-state index in [1.165, 1.54) is 6.20 Å². The number of primary amides is 1. The van der Waals surface area contributed by atoms with Crippen LogP contribution in [-0.4, -0.2) is 40.4 Å². The predicted octanol–water partition coefficient (Wildman–Crippen LogP) is 1.18. The zero-order chi connectivity index (χ0) is 18.5. The van der Waals surface area contributed by atoms with Crippen LogP contribution in [0.4, 0.5) is 0 Å². The van der Waals surface area contributed by atoms with E-state index in [4.69, 9.17) is 10.5 Å². The molecule has 1 aromatic carbocycles. The molecule has 0 spiro atoms. The number of ether oxygens (including phenoxy) is 1. The second kappa shape index (κ2) is 7.81. The van der Waals surface area contributed by atoms with Crippen LogP contribution >= 0.6 is 0 Å². The van der Waals surface area contributed by atoms with Crippen molar-refractivity contribution >= 4 is 17.6 Å². The molecule has 26 heavy (non-hydrogen) atoms. The minimum absolute atomic E-state index is 0.279. The summed E-state index contributed by atoms with van der Waals surface area (Å²) in [6, 6.07) is 6.39. The maximum atomic E-state index is 12.7. The average molecular weight is 356 g/mol. The summed E-state index contributed by atoms with van der Waals surface area (Å²) in [6.07, 6.45) is 3.98. The molecule has 2 heterocycles. The van der Waals surface area contributed by atoms with Gasteiger partial charge in [-0.05, 0) is 31.4 Å². The van der Waals surface area contributed by atoms with Gasteiger partial charge in [0.25, 0.3) is 11.8 Å². The smallest absolute Gasteiger partial charge is 0.287 e. The first-order valence-electron chi connectivity index (χ1n) is 8.47. The summed E-state index contributed by atoms with van der Waals surface area (Å²) < 4.78 is 5.75. The quantitative estimate of drug-likeness (QED) is 0.696. The predicted molar refractivity (Wildman–Crippen MR) is 93.4 cm³/mol. The van der Waals surface area contributed by atoms with Crippen molar-refractivity contribution in [1.29, 1.82) is 0 Å². The SMILES string of the molecule is NC(=O)C(=O)[C@@H]1CCCCCOc2cccc(c2)-c2[nH]ncc2C(=O)N1. The van der Waals surface area contributed by atoms with Gasteiger partial charge in [0.1, 0.15) is 5.75 Å². The van der Waals surface area contributed by atoms with E-state index in [1.807, 2.05) is 24.3 Å². The number of hydrogen-bond acceptors (Lipinski definition) is 5. The topological polar surface area (TPSA) is 127 Å². The molecule has 136 valence electrons. The molecular weight excluding hydrogens is 336 g/mol. The first-order chi connectivity index (χ1) is 12.6. The number of nitrogens with two attached hydrogens (primary N) is 1. The minimum atomic E-state index is -1.06. The van der Waals surface area contributed by atoms with Crippen molar-refractivity contribution in [1.82, 2.24) is 15.5 Å². The number of carbonyl (C=O) groups is 3. The molecule has 0 saturated carbocycles. The van der Waals surface area contributed by atoms with Gasteiger partial charge in [-0.15, -0.1) is 0 Å². The molecule has 1 aliphatic heterocycles. The van der Waals surface area contributed by atoms with Gasteiger partial charge < -0.3 is 15.8 Å². The van der Waals surface area contributed by atoms with Crippen molar-refractivity contribution in [2.75, 3.05) is 6.61 Å². The molecule has 4 N–H and O–H groups in total. The van der Waals surface area contributed by atoms with Gasteiger partial charge in [-0.3, -0.25) is 19.5 Å². The summed E-state index contributed by atoms with van der Waals surface area (Å²) in [5.74, 6) is -1.63. The number of carbonyl (C=O) groups excluding carboxylic acids is 3. The van der Waals surface area contributed by atoms with E-state index in [0.29, 0.717) is 30.9 Å². The van der Waals surface area contributed by atoms with E-state index in [2.05, 4.69) is 15.5 Å². The lowest BCUT2D eigenvalue weighted by Crippen LogP contribution is -2.46. The van der Waals surface area contributed by atoms with Crippen LogP contribution in [0.2, 0.25) is 0 Å². The van der Waals surface area contributed by atoms with Gasteiger partial charge in [0.15, 0.2) is 0 Å². The minimum Gasteiger partial charge on any atom is -0.494 e. The largest absolute Gasteiger partial charge is 0.494 e. The third-order valence-electron chi connectivity index (χ3n) is 4.28. The number of ketones is 1. The van der Waals surface area contributed by atoms with Crippen LogP contribution in [0.3, 0.4) is 0 Å². The van der Waals surface area contributed by atoms with Gasteiger partial charge in [0.05, 0.1) is 30.1 Å². The van der Waals surface area contributed by atoms with E-state index in [0.717, 1.165) is 18.4 Å². The fourth-order valence-corrected chi connectivity index (χ4v) is 2.91. The van der Waals surface area contributed by atoms with Crippen molar-refractivity contribution in [2.24, 2.45) is 5.73 Å². The van der Waals surface area contributed by atoms with Crippen molar-refractivity contribution < 1.29 is 19.1 Å². The van der Waals surface area contributed by atoms with E-state index < -0.39 is 23.6 Å². The van der Waals surface area contributed by atoms with Gasteiger partial charge in [-0.25, -0.2) is 0 Å². The number of nitrogens with zero attached hydrogens (tertiary/aromatic N) is 1. The Morgan fingerprint density at radius 2 is 2.08 bits per heavy atom. The lowest BCUT2D eigenvalue weighted by Gasteiger charge is -2.17. The average Bonchev–Trinajstić information content (AvgIpc) is 3.12. The lowest BCUT2D eigenvalue weighted by atomic mass is 10.0. The van der Waals surface area contributed by atoms with Gasteiger partial charge in [0, 0.05) is 5.56 Å². The Labute approximate surface area is 150 Å². The summed E-state index contributed by atoms with van der Waals surface area (Å²) in [5, 5.41) is 9.36. The molecule has 0 radical (unpaired) electrons. The Balaban J connectivity index is 1.95. The summed E-state index contributed by atoms with van der Waals surface area (Å²) in [7, 11) is 0. The fraction of sp³-hybridized carbons (Fsp3) is 0.333. The number of amides is 2. The Morgan fingerprint density at radius 1 is 1.23 bits per heavy atom. The normalized spacial score (nSPS) is 18.0. The van der Waals surface area contributed by atoms with Crippen LogP contribution in [0, 0.1) is 0 Å². The summed E-state index contributed by atoms with van der Waals surface area (Å²) in [4.78, 5) is 36.0. The highest BCUT2D eigenvalue weighted by Crippen LogP contribution is 2.25. The Bertz CT molecular complexity index is 830. The zero-order valence-electron chi connectivity index (χ0n) is 14.2. The molecule has 2 amide bonds. The molecule has 0 fully saturated rings. The number of H-pyrrole nitrogens is 1. The van der Waals surface area contributed by atoms with Crippen molar-refractivity contribution in [3.63, 3.8) is 0 Å². The Hall–Kier alpha value is -3.16. The summed E-state index contributed by atoms with van der Waals surface area (Å²) >= 11 is 0. The monoisotopic (exact) mass is 356 g/mol. The van der Waals surface area contributed by atoms with Crippen molar-refractivity contribution in [2.45, 2.75) is 31.7 Å². The number of hydrogen-bond donors (Lipinski definition) is 3. The first kappa shape index (κ1) is 17.7. The van der Waals surface area contributed by atoms with Crippen molar-refractivity contribution in [3.05, 3.63) is 36.0 Å². The van der Waals surface area contributed by atoms with Gasteiger partial charge in [-0.1, -0.05) is 18.6 Å². The standard InChI is InChI=1S/C18H20N4O4/c19-17(24)16(23)14-7-2-1-3-8-26-12-6-4-5-11(9-12)15-13(10-20-22-15)18(25)21-14/h4-6,9-10,14H,1-3,7-8H2,(H2,19,24)(H,20,22)(H,21,25)/t14-/m0/s1. The van der Waals surface area contributed by atoms with Gasteiger partial charge >= 0.3 is 0 Å². The lowest BCUT2D eigenvalue weighted by molar-refractivity contribution is -0.137. The van der Waals surface area contributed by atoms with E-state index in [1.54, 1.807) is 0 Å². The maximum Gasteiger partial charge on any atom is 0.287 e. The van der Waals surface area contributed by atoms with Crippen LogP contribution in [0.5, 0.6) is 5.75 Å². The molecular formula is C18H20N4O4. The first-order valence-corrected chi connectivity index (χ1v) is 8.47. The summed E-state index contributed by atoms with van der Waals surface area (Å²) in [5.41, 5.74) is 6.64. The van der Waals surface area contributed by atoms with E-state index in [-0.39, 0.29) is 5.56 Å². The molecule has 3 rings (SSSR count). The third kappa shape index (κ3) is 3.90. The van der Waals surface area contributed by atoms with Crippen LogP contribution in [0.1, 0.15) is 36.0 Å². The van der Waals surface area contributed by atoms with Crippen LogP contribution < -0.4 is 15.8 Å². The number of nitrogens with one attached hydrogen (secondary N) is 2. The fourth-order valence-electron chi connectivity index (χ4n) is 2.91. The highest BCUT2D eigenvalue weighted by molar-refractivity contribution is 6.38. The number of fused-ring (bicyclic) bond motifs is 4. The van der Waals surface area contributed by atoms with Gasteiger partial charge in [0.2, 0.25) is 5.78 Å². The summed E-state index contributed by atoms with van der Waals surface area (Å²) in [6.45, 7) is 0.542. The van der Waals surface area contributed by atoms with Crippen LogP contribution in [0.15, 0.2) is 30.5 Å². The Kier molecular flexibility index (Phi) is 5.31. The number of benzene rings is 1. The molecule has 0 saturated heterocycles. The number of aromatic nitrogens is 2. The molecule has 2 bridgehead atoms. The number of Topliss-reactive ketones (excluding diaryl/α,β-unsaturated/α-hetero) is 1. The second-order valence-electron chi connectivity index (χ2n) is 6.14. The van der Waals surface area contributed by atoms with Gasteiger partial charge in [-0.2, -0.15) is 5.10 Å². The van der Waals surface area contributed by atoms with Crippen molar-refractivity contribution in [3.8, 4) is 17.0 Å².